The van der Waals surface area contributed by atoms with Crippen LogP contribution in [0.15, 0.2) is 48.8 Å². The van der Waals surface area contributed by atoms with Crippen LogP contribution in [0.4, 0.5) is 14.9 Å². The maximum absolute atomic E-state index is 14.1. The van der Waals surface area contributed by atoms with Crippen molar-refractivity contribution in [2.45, 2.75) is 57.4 Å². The van der Waals surface area contributed by atoms with Gasteiger partial charge in [0.05, 0.1) is 24.0 Å². The molecule has 2 heterocycles. The second-order valence-corrected chi connectivity index (χ2v) is 10.2. The highest BCUT2D eigenvalue weighted by molar-refractivity contribution is 5.75. The summed E-state index contributed by atoms with van der Waals surface area (Å²) in [6.07, 6.45) is 7.89. The molecule has 3 N–H and O–H groups in total. The van der Waals surface area contributed by atoms with Gasteiger partial charge in [-0.1, -0.05) is 31.9 Å². The van der Waals surface area contributed by atoms with E-state index in [2.05, 4.69) is 40.0 Å². The predicted octanol–water partition coefficient (Wildman–Crippen LogP) is 6.00. The molecule has 180 valence electrons. The van der Waals surface area contributed by atoms with Crippen LogP contribution in [0.25, 0.3) is 11.0 Å². The number of nitrogens with one attached hydrogen (secondary N) is 1. The smallest absolute Gasteiger partial charge is 0.404 e. The molecule has 5 rings (SSSR count). The number of imidazole rings is 1. The van der Waals surface area contributed by atoms with Crippen LogP contribution in [-0.4, -0.2) is 28.8 Å². The van der Waals surface area contributed by atoms with Gasteiger partial charge in [-0.15, -0.1) is 0 Å². The Labute approximate surface area is 199 Å². The average Bonchev–Trinajstić information content (AvgIpc) is 3.58. The van der Waals surface area contributed by atoms with Crippen molar-refractivity contribution in [2.24, 2.45) is 17.1 Å². The number of primary amides is 1. The normalized spacial score (nSPS) is 20.6. The number of aromatic nitrogens is 2. The molecule has 1 aliphatic carbocycles. The lowest BCUT2D eigenvalue weighted by atomic mass is 9.70. The van der Waals surface area contributed by atoms with Gasteiger partial charge < -0.3 is 20.4 Å². The van der Waals surface area contributed by atoms with Crippen LogP contribution in [-0.2, 0) is 4.74 Å². The summed E-state index contributed by atoms with van der Waals surface area (Å²) in [7, 11) is 0. The molecule has 0 saturated heterocycles. The number of anilines is 1. The predicted molar refractivity (Wildman–Crippen MR) is 131 cm³/mol. The Morgan fingerprint density at radius 2 is 2.09 bits per heavy atom. The number of carbonyl (C=O) groups is 1. The number of amides is 1. The third kappa shape index (κ3) is 4.36. The molecule has 6 nitrogen and oxygen atoms in total. The maximum Gasteiger partial charge on any atom is 0.404 e. The summed E-state index contributed by atoms with van der Waals surface area (Å²) in [5.41, 5.74) is 9.03. The molecule has 2 unspecified atom stereocenters. The fourth-order valence-electron chi connectivity index (χ4n) is 6.17. The minimum Gasteiger partial charge on any atom is -0.449 e. The van der Waals surface area contributed by atoms with Gasteiger partial charge in [-0.2, -0.15) is 0 Å². The molecule has 2 aliphatic rings. The van der Waals surface area contributed by atoms with E-state index in [1.54, 1.807) is 12.1 Å². The van der Waals surface area contributed by atoms with Gasteiger partial charge in [0.2, 0.25) is 0 Å². The molecule has 2 aromatic carbocycles. The van der Waals surface area contributed by atoms with Gasteiger partial charge in [0.15, 0.2) is 0 Å². The lowest BCUT2D eigenvalue weighted by molar-refractivity contribution is 0.0710. The number of halogens is 1. The zero-order valence-corrected chi connectivity index (χ0v) is 19.7. The van der Waals surface area contributed by atoms with E-state index in [1.807, 2.05) is 12.4 Å². The monoisotopic (exact) mass is 464 g/mol. The molecule has 1 fully saturated rings. The molecule has 3 aromatic rings. The van der Waals surface area contributed by atoms with Gasteiger partial charge in [0.1, 0.15) is 5.82 Å². The van der Waals surface area contributed by atoms with E-state index >= 15 is 0 Å². The topological polar surface area (TPSA) is 82.2 Å². The van der Waals surface area contributed by atoms with Crippen LogP contribution < -0.4 is 11.1 Å². The van der Waals surface area contributed by atoms with Crippen molar-refractivity contribution in [1.29, 1.82) is 0 Å². The van der Waals surface area contributed by atoms with Crippen molar-refractivity contribution >= 4 is 22.8 Å². The number of nitrogens with zero attached hydrogens (tertiary/aromatic N) is 2. The molecule has 1 amide bonds. The van der Waals surface area contributed by atoms with E-state index in [9.17, 15) is 9.18 Å². The fraction of sp³-hybridized carbons (Fsp3) is 0.481. The highest BCUT2D eigenvalue weighted by Gasteiger charge is 2.41. The van der Waals surface area contributed by atoms with Crippen molar-refractivity contribution in [3.05, 3.63) is 60.2 Å². The first-order valence-electron chi connectivity index (χ1n) is 12.3. The third-order valence-electron chi connectivity index (χ3n) is 8.06. The van der Waals surface area contributed by atoms with E-state index in [0.717, 1.165) is 35.1 Å². The largest absolute Gasteiger partial charge is 0.449 e. The number of hydrogen-bond donors (Lipinski definition) is 2. The minimum atomic E-state index is -0.774. The van der Waals surface area contributed by atoms with E-state index in [4.69, 9.17) is 10.5 Å². The summed E-state index contributed by atoms with van der Waals surface area (Å²) < 4.78 is 21.9. The molecule has 34 heavy (non-hydrogen) atoms. The van der Waals surface area contributed by atoms with Crippen molar-refractivity contribution < 1.29 is 13.9 Å². The van der Waals surface area contributed by atoms with Crippen LogP contribution in [0.3, 0.4) is 0 Å². The number of benzene rings is 2. The molecule has 3 atom stereocenters. The van der Waals surface area contributed by atoms with Gasteiger partial charge in [0.25, 0.3) is 0 Å². The fourth-order valence-corrected chi connectivity index (χ4v) is 6.17. The average molecular weight is 465 g/mol. The number of rotatable bonds is 8. The Hall–Kier alpha value is -3.09. The zero-order valence-electron chi connectivity index (χ0n) is 19.7. The SMILES string of the molecule is CC(CC[C@@H](C1CCCC1)n1cnc2ccccc21)(COC(N)=O)C1CNc2ccc(F)cc21. The summed E-state index contributed by atoms with van der Waals surface area (Å²) >= 11 is 0. The van der Waals surface area contributed by atoms with Crippen molar-refractivity contribution in [2.75, 3.05) is 18.5 Å². The lowest BCUT2D eigenvalue weighted by Gasteiger charge is -2.37. The van der Waals surface area contributed by atoms with Crippen molar-refractivity contribution in [3.8, 4) is 0 Å². The molecule has 1 aliphatic heterocycles. The summed E-state index contributed by atoms with van der Waals surface area (Å²) in [6.45, 7) is 3.02. The van der Waals surface area contributed by atoms with Gasteiger partial charge in [-0.05, 0) is 67.5 Å². The molecular formula is C27H33FN4O2. The molecule has 0 radical (unpaired) electrons. The first-order valence-corrected chi connectivity index (χ1v) is 12.3. The van der Waals surface area contributed by atoms with E-state index in [0.29, 0.717) is 18.5 Å². The Kier molecular flexibility index (Phi) is 6.19. The summed E-state index contributed by atoms with van der Waals surface area (Å²) in [6, 6.07) is 13.5. The second-order valence-electron chi connectivity index (χ2n) is 10.2. The van der Waals surface area contributed by atoms with E-state index < -0.39 is 11.5 Å². The Morgan fingerprint density at radius 3 is 2.88 bits per heavy atom. The van der Waals surface area contributed by atoms with Crippen LogP contribution in [0.2, 0.25) is 0 Å². The van der Waals surface area contributed by atoms with E-state index in [-0.39, 0.29) is 18.3 Å². The first kappa shape index (κ1) is 22.7. The number of fused-ring (bicyclic) bond motifs is 2. The molecule has 1 saturated carbocycles. The number of ether oxygens (including phenoxy) is 1. The highest BCUT2D eigenvalue weighted by Crippen LogP contribution is 2.48. The van der Waals surface area contributed by atoms with Crippen molar-refractivity contribution in [1.82, 2.24) is 9.55 Å². The number of hydrogen-bond acceptors (Lipinski definition) is 4. The summed E-state index contributed by atoms with van der Waals surface area (Å²) in [4.78, 5) is 16.2. The van der Waals surface area contributed by atoms with Gasteiger partial charge in [-0.25, -0.2) is 14.2 Å². The van der Waals surface area contributed by atoms with Crippen molar-refractivity contribution in [3.63, 3.8) is 0 Å². The highest BCUT2D eigenvalue weighted by atomic mass is 19.1. The first-order chi connectivity index (χ1) is 16.4. The summed E-state index contributed by atoms with van der Waals surface area (Å²) in [5.74, 6) is 0.353. The number of nitrogens with two attached hydrogens (primary N) is 1. The number of para-hydroxylation sites is 2. The molecule has 1 aromatic heterocycles. The van der Waals surface area contributed by atoms with Crippen LogP contribution in [0.1, 0.15) is 63.0 Å². The molecule has 7 heteroatoms. The minimum absolute atomic E-state index is 0.0151. The zero-order chi connectivity index (χ0) is 23.7. The standard InChI is InChI=1S/C27H33FN4O2/c1-27(16-34-26(29)33,21-15-30-22-11-10-19(28)14-20(21)22)13-12-24(18-6-2-3-7-18)32-17-31-23-8-4-5-9-25(23)32/h4-5,8-11,14,17-18,21,24,30H,2-3,6-7,12-13,15-16H2,1H3,(H2,29,33)/t21?,24-,27?/m0/s1. The Morgan fingerprint density at radius 1 is 1.29 bits per heavy atom. The molecule has 0 spiro atoms. The quantitative estimate of drug-likeness (QED) is 0.428. The maximum atomic E-state index is 14.1. The van der Waals surface area contributed by atoms with Crippen LogP contribution in [0.5, 0.6) is 0 Å². The summed E-state index contributed by atoms with van der Waals surface area (Å²) in [5, 5.41) is 3.41. The second kappa shape index (κ2) is 9.28. The number of carbonyl (C=O) groups excluding carboxylic acids is 1. The Balaban J connectivity index is 1.45. The molecular weight excluding hydrogens is 431 g/mol. The molecule has 0 bridgehead atoms. The van der Waals surface area contributed by atoms with Gasteiger partial charge >= 0.3 is 6.09 Å². The Bertz CT molecular complexity index is 1170. The van der Waals surface area contributed by atoms with Gasteiger partial charge in [-0.3, -0.25) is 0 Å². The van der Waals surface area contributed by atoms with E-state index in [1.165, 1.54) is 31.7 Å². The van der Waals surface area contributed by atoms with Gasteiger partial charge in [0, 0.05) is 29.6 Å². The van der Waals surface area contributed by atoms with Crippen LogP contribution in [0, 0.1) is 17.2 Å². The lowest BCUT2D eigenvalue weighted by Crippen LogP contribution is -2.35. The third-order valence-corrected chi connectivity index (χ3v) is 8.06. The van der Waals surface area contributed by atoms with Crippen LogP contribution >= 0.6 is 0 Å².